The van der Waals surface area contributed by atoms with Crippen LogP contribution in [-0.4, -0.2) is 10.8 Å². The molecule has 0 spiro atoms. The monoisotopic (exact) mass is 305 g/mol. The number of hydrogen-bond acceptors (Lipinski definition) is 4. The number of aryl methyl sites for hydroxylation is 4. The summed E-state index contributed by atoms with van der Waals surface area (Å²) in [5, 5.41) is 0.952. The molecular weight excluding hydrogens is 286 g/mol. The Kier molecular flexibility index (Phi) is 4.03. The number of thiazole rings is 1. The Morgan fingerprint density at radius 3 is 2.75 bits per heavy atom. The maximum Gasteiger partial charge on any atom is 0.179 e. The Balaban J connectivity index is 1.77. The molecule has 3 rings (SSSR count). The van der Waals surface area contributed by atoms with Crippen LogP contribution in [0.15, 0.2) is 6.07 Å². The van der Waals surface area contributed by atoms with E-state index in [-0.39, 0.29) is 5.78 Å². The first-order chi connectivity index (χ1) is 9.63. The molecule has 0 amide bonds. The first kappa shape index (κ1) is 14.0. The third kappa shape index (κ3) is 2.86. The van der Waals surface area contributed by atoms with Crippen LogP contribution in [0, 0.1) is 13.8 Å². The molecule has 2 heterocycles. The molecule has 0 aromatic carbocycles. The van der Waals surface area contributed by atoms with Gasteiger partial charge in [-0.05, 0) is 51.2 Å². The van der Waals surface area contributed by atoms with Crippen molar-refractivity contribution in [3.63, 3.8) is 0 Å². The van der Waals surface area contributed by atoms with Gasteiger partial charge in [0.1, 0.15) is 5.01 Å². The molecule has 0 N–H and O–H groups in total. The van der Waals surface area contributed by atoms with E-state index in [2.05, 4.69) is 18.0 Å². The molecule has 1 aliphatic rings. The van der Waals surface area contributed by atoms with Crippen molar-refractivity contribution in [1.82, 2.24) is 4.98 Å². The van der Waals surface area contributed by atoms with Crippen molar-refractivity contribution in [3.8, 4) is 0 Å². The molecule has 106 valence electrons. The Hall–Kier alpha value is -1.00. The van der Waals surface area contributed by atoms with E-state index in [9.17, 15) is 4.79 Å². The Bertz CT molecular complexity index is 596. The highest BCUT2D eigenvalue weighted by atomic mass is 32.1. The van der Waals surface area contributed by atoms with Gasteiger partial charge in [0.25, 0.3) is 0 Å². The molecule has 0 radical (unpaired) electrons. The van der Waals surface area contributed by atoms with Crippen molar-refractivity contribution in [1.29, 1.82) is 0 Å². The number of rotatable bonds is 3. The van der Waals surface area contributed by atoms with E-state index in [1.165, 1.54) is 34.6 Å². The molecule has 0 atom stereocenters. The van der Waals surface area contributed by atoms with Gasteiger partial charge < -0.3 is 0 Å². The average Bonchev–Trinajstić information content (AvgIpc) is 2.87. The van der Waals surface area contributed by atoms with Gasteiger partial charge >= 0.3 is 0 Å². The van der Waals surface area contributed by atoms with E-state index in [4.69, 9.17) is 0 Å². The van der Waals surface area contributed by atoms with Crippen molar-refractivity contribution in [3.05, 3.63) is 37.0 Å². The van der Waals surface area contributed by atoms with Crippen molar-refractivity contribution >= 4 is 28.5 Å². The lowest BCUT2D eigenvalue weighted by Crippen LogP contribution is -2.00. The molecular formula is C16H19NOS2. The maximum atomic E-state index is 12.4. The summed E-state index contributed by atoms with van der Waals surface area (Å²) < 4.78 is 0. The van der Waals surface area contributed by atoms with Gasteiger partial charge in [-0.2, -0.15) is 0 Å². The third-order valence-corrected chi connectivity index (χ3v) is 6.26. The zero-order valence-electron chi connectivity index (χ0n) is 12.0. The normalized spacial score (nSPS) is 14.9. The lowest BCUT2D eigenvalue weighted by molar-refractivity contribution is 0.0996. The fraction of sp³-hybridized carbons (Fsp3) is 0.500. The number of Topliss-reactive ketones (excluding diaryl/α,β-unsaturated/α-hetero) is 1. The molecule has 0 fully saturated rings. The SMILES string of the molecule is Cc1nc(CC(=O)c2cc3c(s2)CCCCC3)sc1C. The molecule has 0 saturated carbocycles. The zero-order valence-corrected chi connectivity index (χ0v) is 13.6. The fourth-order valence-corrected chi connectivity index (χ4v) is 4.77. The minimum Gasteiger partial charge on any atom is -0.293 e. The molecule has 0 unspecified atom stereocenters. The number of nitrogens with zero attached hydrogens (tertiary/aromatic N) is 1. The first-order valence-electron chi connectivity index (χ1n) is 7.21. The van der Waals surface area contributed by atoms with Gasteiger partial charge in [0.2, 0.25) is 0 Å². The fourth-order valence-electron chi connectivity index (χ4n) is 2.64. The van der Waals surface area contributed by atoms with Crippen LogP contribution >= 0.6 is 22.7 Å². The van der Waals surface area contributed by atoms with Gasteiger partial charge in [0.05, 0.1) is 17.0 Å². The molecule has 4 heteroatoms. The molecule has 0 aliphatic heterocycles. The highest BCUT2D eigenvalue weighted by molar-refractivity contribution is 7.14. The summed E-state index contributed by atoms with van der Waals surface area (Å²) in [4.78, 5) is 20.5. The van der Waals surface area contributed by atoms with E-state index in [0.717, 1.165) is 28.4 Å². The second-order valence-electron chi connectivity index (χ2n) is 5.47. The number of ketones is 1. The molecule has 0 bridgehead atoms. The van der Waals surface area contributed by atoms with E-state index in [1.54, 1.807) is 22.7 Å². The van der Waals surface area contributed by atoms with Crippen LogP contribution < -0.4 is 0 Å². The Morgan fingerprint density at radius 2 is 2.00 bits per heavy atom. The summed E-state index contributed by atoms with van der Waals surface area (Å²) in [6.45, 7) is 4.07. The highest BCUT2D eigenvalue weighted by Crippen LogP contribution is 2.30. The van der Waals surface area contributed by atoms with E-state index >= 15 is 0 Å². The second-order valence-corrected chi connectivity index (χ2v) is 7.89. The van der Waals surface area contributed by atoms with Crippen LogP contribution in [0.2, 0.25) is 0 Å². The van der Waals surface area contributed by atoms with E-state index in [0.29, 0.717) is 6.42 Å². The third-order valence-electron chi connectivity index (χ3n) is 3.91. The minimum absolute atomic E-state index is 0.233. The highest BCUT2D eigenvalue weighted by Gasteiger charge is 2.18. The van der Waals surface area contributed by atoms with Crippen molar-refractivity contribution < 1.29 is 4.79 Å². The standard InChI is InChI=1S/C16H19NOS2/c1-10-11(2)19-16(17-10)9-13(18)15-8-12-6-4-3-5-7-14(12)20-15/h8H,3-7,9H2,1-2H3. The van der Waals surface area contributed by atoms with Gasteiger partial charge in [-0.15, -0.1) is 22.7 Å². The van der Waals surface area contributed by atoms with Crippen LogP contribution in [0.4, 0.5) is 0 Å². The minimum atomic E-state index is 0.233. The lowest BCUT2D eigenvalue weighted by atomic mass is 10.1. The van der Waals surface area contributed by atoms with Crippen LogP contribution in [0.1, 0.15) is 55.0 Å². The summed E-state index contributed by atoms with van der Waals surface area (Å²) >= 11 is 3.36. The second kappa shape index (κ2) is 5.78. The maximum absolute atomic E-state index is 12.4. The molecule has 0 saturated heterocycles. The van der Waals surface area contributed by atoms with Gasteiger partial charge in [0, 0.05) is 9.75 Å². The van der Waals surface area contributed by atoms with E-state index in [1.807, 2.05) is 6.92 Å². The van der Waals surface area contributed by atoms with Crippen LogP contribution in [-0.2, 0) is 19.3 Å². The number of fused-ring (bicyclic) bond motifs is 1. The predicted molar refractivity (Wildman–Crippen MR) is 85.2 cm³/mol. The van der Waals surface area contributed by atoms with Crippen molar-refractivity contribution in [2.45, 2.75) is 52.4 Å². The van der Waals surface area contributed by atoms with Crippen LogP contribution in [0.5, 0.6) is 0 Å². The molecule has 20 heavy (non-hydrogen) atoms. The average molecular weight is 305 g/mol. The number of hydrogen-bond donors (Lipinski definition) is 0. The zero-order chi connectivity index (χ0) is 14.1. The predicted octanol–water partition coefficient (Wildman–Crippen LogP) is 4.52. The van der Waals surface area contributed by atoms with Crippen molar-refractivity contribution in [2.75, 3.05) is 0 Å². The number of carbonyl (C=O) groups is 1. The largest absolute Gasteiger partial charge is 0.293 e. The molecule has 2 nitrogen and oxygen atoms in total. The quantitative estimate of drug-likeness (QED) is 0.616. The summed E-state index contributed by atoms with van der Waals surface area (Å²) in [6, 6.07) is 2.14. The summed E-state index contributed by atoms with van der Waals surface area (Å²) in [7, 11) is 0. The summed E-state index contributed by atoms with van der Waals surface area (Å²) in [5.41, 5.74) is 2.47. The first-order valence-corrected chi connectivity index (χ1v) is 8.84. The number of thiophene rings is 1. The number of aromatic nitrogens is 1. The Labute approximate surface area is 127 Å². The summed E-state index contributed by atoms with van der Waals surface area (Å²) in [6.07, 6.45) is 6.62. The lowest BCUT2D eigenvalue weighted by Gasteiger charge is -1.95. The van der Waals surface area contributed by atoms with E-state index < -0.39 is 0 Å². The van der Waals surface area contributed by atoms with Crippen LogP contribution in [0.3, 0.4) is 0 Å². The van der Waals surface area contributed by atoms with Gasteiger partial charge in [-0.1, -0.05) is 6.42 Å². The van der Waals surface area contributed by atoms with Gasteiger partial charge in [0.15, 0.2) is 5.78 Å². The number of carbonyl (C=O) groups excluding carboxylic acids is 1. The summed E-state index contributed by atoms with van der Waals surface area (Å²) in [5.74, 6) is 0.233. The van der Waals surface area contributed by atoms with Crippen molar-refractivity contribution in [2.24, 2.45) is 0 Å². The molecule has 1 aliphatic carbocycles. The Morgan fingerprint density at radius 1 is 1.20 bits per heavy atom. The van der Waals surface area contributed by atoms with Gasteiger partial charge in [-0.3, -0.25) is 4.79 Å². The van der Waals surface area contributed by atoms with Crippen LogP contribution in [0.25, 0.3) is 0 Å². The smallest absolute Gasteiger partial charge is 0.179 e. The molecule has 2 aromatic rings. The van der Waals surface area contributed by atoms with Gasteiger partial charge in [-0.25, -0.2) is 4.98 Å². The topological polar surface area (TPSA) is 30.0 Å². The molecule has 2 aromatic heterocycles.